The molecule has 5 nitrogen and oxygen atoms in total. The predicted molar refractivity (Wildman–Crippen MR) is 91.7 cm³/mol. The molecule has 0 radical (unpaired) electrons. The van der Waals surface area contributed by atoms with E-state index in [1.807, 2.05) is 0 Å². The fourth-order valence-electron chi connectivity index (χ4n) is 2.51. The van der Waals surface area contributed by atoms with E-state index in [1.54, 1.807) is 24.3 Å². The highest BCUT2D eigenvalue weighted by Crippen LogP contribution is 2.38. The normalized spacial score (nSPS) is 10.3. The Balaban J connectivity index is 2.16. The lowest BCUT2D eigenvalue weighted by Gasteiger charge is -2.13. The lowest BCUT2D eigenvalue weighted by atomic mass is 10.0. The first-order chi connectivity index (χ1) is 12.0. The number of carbonyl (C=O) groups excluding carboxylic acids is 1. The average molecular weight is 348 g/mol. The number of ketones is 1. The summed E-state index contributed by atoms with van der Waals surface area (Å²) in [4.78, 5) is 12.5. The molecule has 6 heteroatoms. The van der Waals surface area contributed by atoms with Gasteiger partial charge in [-0.15, -0.1) is 0 Å². The van der Waals surface area contributed by atoms with Crippen LogP contribution in [0.2, 0.25) is 0 Å². The maximum Gasteiger partial charge on any atom is 0.203 e. The summed E-state index contributed by atoms with van der Waals surface area (Å²) in [5.74, 6) is 0.899. The molecule has 0 saturated carbocycles. The van der Waals surface area contributed by atoms with E-state index in [4.69, 9.17) is 18.9 Å². The van der Waals surface area contributed by atoms with Crippen molar-refractivity contribution in [1.29, 1.82) is 0 Å². The second-order valence-corrected chi connectivity index (χ2v) is 5.31. The van der Waals surface area contributed by atoms with Gasteiger partial charge in [0.2, 0.25) is 5.75 Å². The van der Waals surface area contributed by atoms with E-state index in [1.165, 1.54) is 34.5 Å². The van der Waals surface area contributed by atoms with Gasteiger partial charge in [-0.05, 0) is 36.2 Å². The first-order valence-electron chi connectivity index (χ1n) is 7.69. The van der Waals surface area contributed by atoms with Crippen molar-refractivity contribution in [2.45, 2.75) is 12.8 Å². The van der Waals surface area contributed by atoms with E-state index in [-0.39, 0.29) is 18.0 Å². The standard InChI is InChI=1S/C19H21FO5/c1-22-16-8-6-12(9-14(16)20)5-7-15(21)13-10-17(23-2)19(25-4)18(11-13)24-3/h6,8-11H,5,7H2,1-4H3. The van der Waals surface area contributed by atoms with Crippen molar-refractivity contribution in [2.75, 3.05) is 28.4 Å². The summed E-state index contributed by atoms with van der Waals surface area (Å²) in [6, 6.07) is 7.89. The highest BCUT2D eigenvalue weighted by atomic mass is 19.1. The fourth-order valence-corrected chi connectivity index (χ4v) is 2.51. The summed E-state index contributed by atoms with van der Waals surface area (Å²) in [5.41, 5.74) is 1.17. The van der Waals surface area contributed by atoms with Gasteiger partial charge in [-0.25, -0.2) is 4.39 Å². The van der Waals surface area contributed by atoms with Gasteiger partial charge in [0.1, 0.15) is 0 Å². The molecule has 0 spiro atoms. The van der Waals surface area contributed by atoms with E-state index in [0.29, 0.717) is 29.2 Å². The highest BCUT2D eigenvalue weighted by Gasteiger charge is 2.17. The van der Waals surface area contributed by atoms with E-state index in [2.05, 4.69) is 0 Å². The highest BCUT2D eigenvalue weighted by molar-refractivity contribution is 5.97. The van der Waals surface area contributed by atoms with Crippen LogP contribution in [-0.2, 0) is 6.42 Å². The third-order valence-corrected chi connectivity index (χ3v) is 3.84. The second kappa shape index (κ2) is 8.37. The lowest BCUT2D eigenvalue weighted by Crippen LogP contribution is -2.04. The van der Waals surface area contributed by atoms with E-state index < -0.39 is 5.82 Å². The van der Waals surface area contributed by atoms with Crippen LogP contribution in [0.3, 0.4) is 0 Å². The molecule has 2 rings (SSSR count). The Morgan fingerprint density at radius 2 is 1.48 bits per heavy atom. The second-order valence-electron chi connectivity index (χ2n) is 5.31. The molecule has 2 aromatic rings. The molecule has 0 fully saturated rings. The van der Waals surface area contributed by atoms with Crippen LogP contribution in [-0.4, -0.2) is 34.2 Å². The van der Waals surface area contributed by atoms with E-state index in [9.17, 15) is 9.18 Å². The largest absolute Gasteiger partial charge is 0.494 e. The van der Waals surface area contributed by atoms with Gasteiger partial charge >= 0.3 is 0 Å². The Morgan fingerprint density at radius 1 is 0.880 bits per heavy atom. The summed E-state index contributed by atoms with van der Waals surface area (Å²) >= 11 is 0. The molecule has 2 aromatic carbocycles. The van der Waals surface area contributed by atoms with Crippen molar-refractivity contribution >= 4 is 5.78 Å². The molecule has 0 aromatic heterocycles. The lowest BCUT2D eigenvalue weighted by molar-refractivity contribution is 0.0982. The zero-order valence-corrected chi connectivity index (χ0v) is 14.7. The number of carbonyl (C=O) groups is 1. The van der Waals surface area contributed by atoms with Gasteiger partial charge in [0.15, 0.2) is 28.8 Å². The smallest absolute Gasteiger partial charge is 0.203 e. The van der Waals surface area contributed by atoms with Crippen molar-refractivity contribution in [3.8, 4) is 23.0 Å². The minimum absolute atomic E-state index is 0.101. The van der Waals surface area contributed by atoms with Gasteiger partial charge in [0, 0.05) is 12.0 Å². The maximum absolute atomic E-state index is 13.7. The van der Waals surface area contributed by atoms with Gasteiger partial charge in [-0.3, -0.25) is 4.79 Å². The van der Waals surface area contributed by atoms with Gasteiger partial charge < -0.3 is 18.9 Å². The number of hydrogen-bond acceptors (Lipinski definition) is 5. The van der Waals surface area contributed by atoms with Crippen LogP contribution >= 0.6 is 0 Å². The predicted octanol–water partition coefficient (Wildman–Crippen LogP) is 3.68. The van der Waals surface area contributed by atoms with Crippen molar-refractivity contribution < 1.29 is 28.1 Å². The molecule has 0 N–H and O–H groups in total. The van der Waals surface area contributed by atoms with E-state index in [0.717, 1.165) is 5.56 Å². The molecule has 0 unspecified atom stereocenters. The minimum Gasteiger partial charge on any atom is -0.494 e. The number of halogens is 1. The Hall–Kier alpha value is -2.76. The molecule has 0 atom stereocenters. The van der Waals surface area contributed by atoms with Gasteiger partial charge in [-0.1, -0.05) is 6.07 Å². The van der Waals surface area contributed by atoms with Crippen LogP contribution in [0.25, 0.3) is 0 Å². The van der Waals surface area contributed by atoms with Crippen molar-refractivity contribution in [3.05, 3.63) is 47.3 Å². The monoisotopic (exact) mass is 348 g/mol. The summed E-state index contributed by atoms with van der Waals surface area (Å²) in [6.45, 7) is 0. The molecule has 134 valence electrons. The Kier molecular flexibility index (Phi) is 6.22. The Bertz CT molecular complexity index is 732. The molecule has 0 aliphatic heterocycles. The Labute approximate surface area is 146 Å². The zero-order valence-electron chi connectivity index (χ0n) is 14.7. The fraction of sp³-hybridized carbons (Fsp3) is 0.316. The summed E-state index contributed by atoms with van der Waals surface area (Å²) in [5, 5.41) is 0. The molecule has 0 heterocycles. The van der Waals surface area contributed by atoms with Gasteiger partial charge in [0.25, 0.3) is 0 Å². The summed E-state index contributed by atoms with van der Waals surface area (Å²) in [7, 11) is 5.89. The number of rotatable bonds is 8. The maximum atomic E-state index is 13.7. The first kappa shape index (κ1) is 18.6. The summed E-state index contributed by atoms with van der Waals surface area (Å²) < 4.78 is 34.4. The number of methoxy groups -OCH3 is 4. The topological polar surface area (TPSA) is 54.0 Å². The molecular weight excluding hydrogens is 327 g/mol. The molecule has 25 heavy (non-hydrogen) atoms. The molecule has 0 aliphatic carbocycles. The third kappa shape index (κ3) is 4.21. The SMILES string of the molecule is COc1ccc(CCC(=O)c2cc(OC)c(OC)c(OC)c2)cc1F. The third-order valence-electron chi connectivity index (χ3n) is 3.84. The average Bonchev–Trinajstić information content (AvgIpc) is 2.64. The van der Waals surface area contributed by atoms with Crippen LogP contribution in [0.5, 0.6) is 23.0 Å². The molecule has 0 bridgehead atoms. The van der Waals surface area contributed by atoms with Gasteiger partial charge in [-0.2, -0.15) is 0 Å². The summed E-state index contributed by atoms with van der Waals surface area (Å²) in [6.07, 6.45) is 0.640. The van der Waals surface area contributed by atoms with Gasteiger partial charge in [0.05, 0.1) is 28.4 Å². The zero-order chi connectivity index (χ0) is 18.4. The Morgan fingerprint density at radius 3 is 1.96 bits per heavy atom. The van der Waals surface area contributed by atoms with Crippen LogP contribution < -0.4 is 18.9 Å². The van der Waals surface area contributed by atoms with E-state index >= 15 is 0 Å². The first-order valence-corrected chi connectivity index (χ1v) is 7.69. The number of ether oxygens (including phenoxy) is 4. The molecular formula is C19H21FO5. The molecule has 0 aliphatic rings. The minimum atomic E-state index is -0.444. The molecule has 0 saturated heterocycles. The number of aryl methyl sites for hydroxylation is 1. The quantitative estimate of drug-likeness (QED) is 0.681. The van der Waals surface area contributed by atoms with Crippen molar-refractivity contribution in [1.82, 2.24) is 0 Å². The van der Waals surface area contributed by atoms with Crippen molar-refractivity contribution in [3.63, 3.8) is 0 Å². The van der Waals surface area contributed by atoms with Crippen LogP contribution in [0.15, 0.2) is 30.3 Å². The number of Topliss-reactive ketones (excluding diaryl/α,β-unsaturated/α-hetero) is 1. The van der Waals surface area contributed by atoms with Crippen LogP contribution in [0.4, 0.5) is 4.39 Å². The van der Waals surface area contributed by atoms with Crippen LogP contribution in [0.1, 0.15) is 22.3 Å². The number of benzene rings is 2. The molecule has 0 amide bonds. The van der Waals surface area contributed by atoms with Crippen LogP contribution in [0, 0.1) is 5.82 Å². The van der Waals surface area contributed by atoms with Crippen molar-refractivity contribution in [2.24, 2.45) is 0 Å². The number of hydrogen-bond donors (Lipinski definition) is 0.